The fraction of sp³-hybridized carbons (Fsp3) is 0.385. The predicted molar refractivity (Wildman–Crippen MR) is 62.7 cm³/mol. The smallest absolute Gasteiger partial charge is 0.121 e. The molecule has 2 nitrogen and oxygen atoms in total. The van der Waals surface area contributed by atoms with E-state index in [0.29, 0.717) is 5.56 Å². The van der Waals surface area contributed by atoms with Crippen LogP contribution < -0.4 is 0 Å². The minimum Gasteiger partial charge on any atom is -0.508 e. The van der Waals surface area contributed by atoms with E-state index in [0.717, 1.165) is 12.0 Å². The molecule has 0 aliphatic rings. The molecule has 0 bridgehead atoms. The summed E-state index contributed by atoms with van der Waals surface area (Å²) in [4.78, 5) is 0. The molecule has 1 atom stereocenters. The van der Waals surface area contributed by atoms with Gasteiger partial charge in [0, 0.05) is 5.56 Å². The van der Waals surface area contributed by atoms with Crippen molar-refractivity contribution in [3.05, 3.63) is 35.4 Å². The topological polar surface area (TPSA) is 40.5 Å². The van der Waals surface area contributed by atoms with Crippen molar-refractivity contribution in [2.45, 2.75) is 33.3 Å². The van der Waals surface area contributed by atoms with Gasteiger partial charge < -0.3 is 10.2 Å². The maximum absolute atomic E-state index is 9.55. The SMILES string of the molecule is C/C=C(/CC)c1ccc(O)c(C(C)O)c1. The third-order valence-corrected chi connectivity index (χ3v) is 2.58. The molecule has 0 saturated heterocycles. The number of allylic oxidation sites excluding steroid dienone is 2. The molecule has 0 aliphatic heterocycles. The van der Waals surface area contributed by atoms with Crippen LogP contribution >= 0.6 is 0 Å². The molecule has 0 aliphatic carbocycles. The van der Waals surface area contributed by atoms with E-state index < -0.39 is 6.10 Å². The van der Waals surface area contributed by atoms with Gasteiger partial charge >= 0.3 is 0 Å². The van der Waals surface area contributed by atoms with E-state index in [2.05, 4.69) is 13.0 Å². The number of phenolic OH excluding ortho intramolecular Hbond substituents is 1. The van der Waals surface area contributed by atoms with Crippen molar-refractivity contribution >= 4 is 5.57 Å². The highest BCUT2D eigenvalue weighted by Crippen LogP contribution is 2.28. The summed E-state index contributed by atoms with van der Waals surface area (Å²) >= 11 is 0. The van der Waals surface area contributed by atoms with Gasteiger partial charge in [0.25, 0.3) is 0 Å². The maximum Gasteiger partial charge on any atom is 0.121 e. The highest BCUT2D eigenvalue weighted by atomic mass is 16.3. The molecular formula is C13H18O2. The van der Waals surface area contributed by atoms with Gasteiger partial charge in [-0.1, -0.05) is 19.1 Å². The highest BCUT2D eigenvalue weighted by Gasteiger charge is 2.09. The number of hydrogen-bond acceptors (Lipinski definition) is 2. The van der Waals surface area contributed by atoms with Crippen molar-refractivity contribution in [2.24, 2.45) is 0 Å². The Labute approximate surface area is 90.9 Å². The van der Waals surface area contributed by atoms with E-state index >= 15 is 0 Å². The van der Waals surface area contributed by atoms with Crippen molar-refractivity contribution in [3.8, 4) is 5.75 Å². The molecule has 0 aromatic heterocycles. The van der Waals surface area contributed by atoms with E-state index in [4.69, 9.17) is 0 Å². The van der Waals surface area contributed by atoms with Gasteiger partial charge in [-0.15, -0.1) is 0 Å². The van der Waals surface area contributed by atoms with Crippen LogP contribution in [0.4, 0.5) is 0 Å². The van der Waals surface area contributed by atoms with Crippen LogP contribution in [0, 0.1) is 0 Å². The largest absolute Gasteiger partial charge is 0.508 e. The van der Waals surface area contributed by atoms with Gasteiger partial charge in [0.05, 0.1) is 6.10 Å². The Morgan fingerprint density at radius 2 is 2.13 bits per heavy atom. The first kappa shape index (κ1) is 11.8. The second kappa shape index (κ2) is 4.99. The molecule has 0 radical (unpaired) electrons. The first-order valence-corrected chi connectivity index (χ1v) is 5.26. The van der Waals surface area contributed by atoms with Crippen LogP contribution in [0.1, 0.15) is 44.4 Å². The minimum absolute atomic E-state index is 0.153. The van der Waals surface area contributed by atoms with E-state index in [-0.39, 0.29) is 5.75 Å². The van der Waals surface area contributed by atoms with E-state index in [1.165, 1.54) is 5.57 Å². The van der Waals surface area contributed by atoms with Gasteiger partial charge in [-0.05, 0) is 43.5 Å². The third-order valence-electron chi connectivity index (χ3n) is 2.58. The van der Waals surface area contributed by atoms with Crippen LogP contribution in [-0.4, -0.2) is 10.2 Å². The molecular weight excluding hydrogens is 188 g/mol. The Hall–Kier alpha value is -1.28. The van der Waals surface area contributed by atoms with Gasteiger partial charge in [0.15, 0.2) is 0 Å². The second-order valence-corrected chi connectivity index (χ2v) is 3.62. The van der Waals surface area contributed by atoms with E-state index in [1.54, 1.807) is 13.0 Å². The van der Waals surface area contributed by atoms with Crippen LogP contribution in [0.5, 0.6) is 5.75 Å². The van der Waals surface area contributed by atoms with Gasteiger partial charge in [-0.2, -0.15) is 0 Å². The van der Waals surface area contributed by atoms with Crippen molar-refractivity contribution in [1.82, 2.24) is 0 Å². The molecule has 2 N–H and O–H groups in total. The average molecular weight is 206 g/mol. The Morgan fingerprint density at radius 1 is 1.47 bits per heavy atom. The quantitative estimate of drug-likeness (QED) is 0.797. The summed E-state index contributed by atoms with van der Waals surface area (Å²) in [6, 6.07) is 5.36. The molecule has 0 amide bonds. The molecule has 0 spiro atoms. The number of benzene rings is 1. The second-order valence-electron chi connectivity index (χ2n) is 3.62. The molecule has 0 heterocycles. The van der Waals surface area contributed by atoms with Crippen molar-refractivity contribution < 1.29 is 10.2 Å². The lowest BCUT2D eigenvalue weighted by Crippen LogP contribution is -1.94. The van der Waals surface area contributed by atoms with Crippen LogP contribution in [-0.2, 0) is 0 Å². The number of rotatable bonds is 3. The summed E-state index contributed by atoms with van der Waals surface area (Å²) in [7, 11) is 0. The fourth-order valence-corrected chi connectivity index (χ4v) is 1.66. The molecule has 2 heteroatoms. The number of aliphatic hydroxyl groups excluding tert-OH is 1. The maximum atomic E-state index is 9.55. The number of hydrogen-bond donors (Lipinski definition) is 2. The zero-order valence-corrected chi connectivity index (χ0v) is 9.49. The lowest BCUT2D eigenvalue weighted by Gasteiger charge is -2.11. The highest BCUT2D eigenvalue weighted by molar-refractivity contribution is 5.66. The van der Waals surface area contributed by atoms with Gasteiger partial charge in [0.2, 0.25) is 0 Å². The summed E-state index contributed by atoms with van der Waals surface area (Å²) in [5.74, 6) is 0.153. The first-order chi connectivity index (χ1) is 7.10. The van der Waals surface area contributed by atoms with Crippen molar-refractivity contribution in [2.75, 3.05) is 0 Å². The Balaban J connectivity index is 3.18. The Bertz CT molecular complexity index is 365. The summed E-state index contributed by atoms with van der Waals surface area (Å²) < 4.78 is 0. The van der Waals surface area contributed by atoms with Gasteiger partial charge in [-0.25, -0.2) is 0 Å². The Morgan fingerprint density at radius 3 is 2.60 bits per heavy atom. The molecule has 1 aromatic carbocycles. The van der Waals surface area contributed by atoms with Gasteiger partial charge in [0.1, 0.15) is 5.75 Å². The van der Waals surface area contributed by atoms with Crippen LogP contribution in [0.15, 0.2) is 24.3 Å². The molecule has 15 heavy (non-hydrogen) atoms. The first-order valence-electron chi connectivity index (χ1n) is 5.26. The molecule has 1 unspecified atom stereocenters. The average Bonchev–Trinajstić information content (AvgIpc) is 2.21. The van der Waals surface area contributed by atoms with Crippen LogP contribution in [0.2, 0.25) is 0 Å². The number of phenols is 1. The lowest BCUT2D eigenvalue weighted by atomic mass is 9.98. The lowest BCUT2D eigenvalue weighted by molar-refractivity contribution is 0.195. The zero-order chi connectivity index (χ0) is 11.4. The predicted octanol–water partition coefficient (Wildman–Crippen LogP) is 3.26. The third kappa shape index (κ3) is 2.60. The van der Waals surface area contributed by atoms with Crippen LogP contribution in [0.25, 0.3) is 5.57 Å². The summed E-state index contributed by atoms with van der Waals surface area (Å²) in [5.41, 5.74) is 2.87. The zero-order valence-electron chi connectivity index (χ0n) is 9.49. The number of aliphatic hydroxyl groups is 1. The van der Waals surface area contributed by atoms with Crippen molar-refractivity contribution in [1.29, 1.82) is 0 Å². The monoisotopic (exact) mass is 206 g/mol. The minimum atomic E-state index is -0.639. The van der Waals surface area contributed by atoms with Crippen LogP contribution in [0.3, 0.4) is 0 Å². The summed E-state index contributed by atoms with van der Waals surface area (Å²) in [5, 5.41) is 19.0. The molecule has 1 rings (SSSR count). The summed E-state index contributed by atoms with van der Waals surface area (Å²) in [6.07, 6.45) is 2.36. The van der Waals surface area contributed by atoms with Crippen molar-refractivity contribution in [3.63, 3.8) is 0 Å². The fourth-order valence-electron chi connectivity index (χ4n) is 1.66. The molecule has 1 aromatic rings. The molecule has 0 fully saturated rings. The Kier molecular flexibility index (Phi) is 3.92. The van der Waals surface area contributed by atoms with E-state index in [1.807, 2.05) is 19.1 Å². The number of aromatic hydroxyl groups is 1. The molecule has 0 saturated carbocycles. The van der Waals surface area contributed by atoms with E-state index in [9.17, 15) is 10.2 Å². The standard InChI is InChI=1S/C13H18O2/c1-4-10(5-2)11-6-7-13(15)12(8-11)9(3)14/h4,6-9,14-15H,5H2,1-3H3/b10-4-. The summed E-state index contributed by atoms with van der Waals surface area (Å²) in [6.45, 7) is 5.73. The molecule has 82 valence electrons. The normalized spacial score (nSPS) is 14.0. The van der Waals surface area contributed by atoms with Gasteiger partial charge in [-0.3, -0.25) is 0 Å².